The zero-order valence-electron chi connectivity index (χ0n) is 7.46. The summed E-state index contributed by atoms with van der Waals surface area (Å²) in [5.74, 6) is 0.525. The molecule has 1 rings (SSSR count). The van der Waals surface area contributed by atoms with Crippen LogP contribution in [0, 0.1) is 6.92 Å². The number of rotatable bonds is 2. The maximum absolute atomic E-state index is 11.2. The molecular weight excluding hydrogens is 186 g/mol. The lowest BCUT2D eigenvalue weighted by atomic mass is 10.2. The Morgan fingerprint density at radius 2 is 2.46 bits per heavy atom. The predicted octanol–water partition coefficient (Wildman–Crippen LogP) is 2.39. The molecule has 0 spiro atoms. The number of hydrogen-bond acceptors (Lipinski definition) is 3. The molecule has 1 heterocycles. The molecule has 3 nitrogen and oxygen atoms in total. The third-order valence-corrected chi connectivity index (χ3v) is 1.75. The number of thiocarbonyl (C=S) groups is 1. The second-order valence-corrected chi connectivity index (χ2v) is 2.76. The van der Waals surface area contributed by atoms with Crippen molar-refractivity contribution in [2.45, 2.75) is 20.3 Å². The molecule has 0 aliphatic carbocycles. The lowest BCUT2D eigenvalue weighted by molar-refractivity contribution is 0.0975. The first-order valence-corrected chi connectivity index (χ1v) is 4.31. The highest BCUT2D eigenvalue weighted by Gasteiger charge is 2.14. The molecule has 0 atom stereocenters. The van der Waals surface area contributed by atoms with E-state index in [0.29, 0.717) is 5.76 Å². The van der Waals surface area contributed by atoms with Gasteiger partial charge in [-0.3, -0.25) is 4.79 Å². The first-order chi connectivity index (χ1) is 6.19. The Labute approximate surface area is 81.5 Å². The van der Waals surface area contributed by atoms with E-state index in [9.17, 15) is 4.79 Å². The van der Waals surface area contributed by atoms with Crippen molar-refractivity contribution in [3.8, 4) is 0 Å². The fourth-order valence-corrected chi connectivity index (χ4v) is 1.19. The van der Waals surface area contributed by atoms with Crippen LogP contribution in [-0.4, -0.2) is 11.1 Å². The van der Waals surface area contributed by atoms with E-state index in [4.69, 9.17) is 4.42 Å². The maximum Gasteiger partial charge on any atom is 0.321 e. The first kappa shape index (κ1) is 9.84. The zero-order chi connectivity index (χ0) is 9.84. The van der Waals surface area contributed by atoms with Crippen molar-refractivity contribution in [1.29, 1.82) is 0 Å². The van der Waals surface area contributed by atoms with E-state index in [-0.39, 0.29) is 5.76 Å². The number of carbonyl (C=O) groups is 1. The van der Waals surface area contributed by atoms with Crippen LogP contribution in [0.1, 0.15) is 28.8 Å². The Balaban J connectivity index is 3.12. The van der Waals surface area contributed by atoms with Gasteiger partial charge in [0.1, 0.15) is 5.76 Å². The number of amides is 1. The number of carbonyl (C=O) groups excluding carboxylic acids is 1. The molecule has 68 valence electrons. The summed E-state index contributed by atoms with van der Waals surface area (Å²) in [5.41, 5.74) is 0.858. The van der Waals surface area contributed by atoms with Crippen molar-refractivity contribution in [3.63, 3.8) is 0 Å². The second kappa shape index (κ2) is 4.12. The predicted molar refractivity (Wildman–Crippen MR) is 52.2 cm³/mol. The monoisotopic (exact) mass is 195 g/mol. The third-order valence-electron chi connectivity index (χ3n) is 1.65. The van der Waals surface area contributed by atoms with Crippen molar-refractivity contribution >= 4 is 23.3 Å². The molecule has 0 fully saturated rings. The lowest BCUT2D eigenvalue weighted by Crippen LogP contribution is -1.95. The molecule has 0 saturated heterocycles. The van der Waals surface area contributed by atoms with E-state index < -0.39 is 5.91 Å². The number of aliphatic imine (C=N–C) groups is 1. The summed E-state index contributed by atoms with van der Waals surface area (Å²) < 4.78 is 5.19. The molecule has 1 aromatic rings. The Morgan fingerprint density at radius 1 is 1.77 bits per heavy atom. The topological polar surface area (TPSA) is 42.6 Å². The van der Waals surface area contributed by atoms with Gasteiger partial charge in [-0.25, -0.2) is 0 Å². The summed E-state index contributed by atoms with van der Waals surface area (Å²) >= 11 is 4.34. The Bertz CT molecular complexity index is 375. The van der Waals surface area contributed by atoms with Gasteiger partial charge in [0.2, 0.25) is 0 Å². The molecule has 4 heteroatoms. The summed E-state index contributed by atoms with van der Waals surface area (Å²) in [6.45, 7) is 3.74. The van der Waals surface area contributed by atoms with Crippen LogP contribution in [0.3, 0.4) is 0 Å². The van der Waals surface area contributed by atoms with Crippen molar-refractivity contribution < 1.29 is 9.21 Å². The molecule has 0 aliphatic rings. The Hall–Kier alpha value is -1.25. The molecule has 0 aliphatic heterocycles. The number of isothiocyanates is 1. The van der Waals surface area contributed by atoms with Gasteiger partial charge in [0, 0.05) is 5.56 Å². The van der Waals surface area contributed by atoms with E-state index in [1.54, 1.807) is 6.92 Å². The fourth-order valence-electron chi connectivity index (χ4n) is 1.10. The van der Waals surface area contributed by atoms with E-state index in [0.717, 1.165) is 12.0 Å². The van der Waals surface area contributed by atoms with Crippen LogP contribution in [-0.2, 0) is 6.42 Å². The van der Waals surface area contributed by atoms with Gasteiger partial charge in [-0.2, -0.15) is 0 Å². The van der Waals surface area contributed by atoms with Crippen LogP contribution >= 0.6 is 12.2 Å². The zero-order valence-corrected chi connectivity index (χ0v) is 8.27. The second-order valence-electron chi connectivity index (χ2n) is 2.57. The van der Waals surface area contributed by atoms with Crippen LogP contribution in [0.2, 0.25) is 0 Å². The minimum absolute atomic E-state index is 0.275. The molecule has 0 saturated carbocycles. The number of aryl methyl sites for hydroxylation is 2. The van der Waals surface area contributed by atoms with Crippen molar-refractivity contribution in [3.05, 3.63) is 23.2 Å². The van der Waals surface area contributed by atoms with E-state index in [2.05, 4.69) is 17.2 Å². The van der Waals surface area contributed by atoms with Crippen LogP contribution in [0.5, 0.6) is 0 Å². The average Bonchev–Trinajstić information content (AvgIpc) is 2.47. The third kappa shape index (κ3) is 2.11. The first-order valence-electron chi connectivity index (χ1n) is 3.90. The summed E-state index contributed by atoms with van der Waals surface area (Å²) in [5, 5.41) is 2.03. The van der Waals surface area contributed by atoms with Gasteiger partial charge in [-0.1, -0.05) is 6.92 Å². The molecule has 13 heavy (non-hydrogen) atoms. The molecular formula is C9H9NO2S. The molecule has 0 bridgehead atoms. The van der Waals surface area contributed by atoms with Gasteiger partial charge in [-0.05, 0) is 31.6 Å². The molecule has 1 amide bonds. The SMILES string of the molecule is CCc1cc(C)oc1C(=O)N=C=S. The summed E-state index contributed by atoms with van der Waals surface area (Å²) in [6, 6.07) is 1.83. The highest BCUT2D eigenvalue weighted by Crippen LogP contribution is 2.16. The highest BCUT2D eigenvalue weighted by molar-refractivity contribution is 7.78. The van der Waals surface area contributed by atoms with Gasteiger partial charge in [0.25, 0.3) is 0 Å². The van der Waals surface area contributed by atoms with Crippen LogP contribution in [0.15, 0.2) is 15.5 Å². The quantitative estimate of drug-likeness (QED) is 0.537. The smallest absolute Gasteiger partial charge is 0.321 e. The van der Waals surface area contributed by atoms with Crippen molar-refractivity contribution in [1.82, 2.24) is 0 Å². The molecule has 0 radical (unpaired) electrons. The number of hydrogen-bond donors (Lipinski definition) is 0. The summed E-state index contributed by atoms with van der Waals surface area (Å²) in [7, 11) is 0. The highest BCUT2D eigenvalue weighted by atomic mass is 32.1. The normalized spacial score (nSPS) is 9.38. The fraction of sp³-hybridized carbons (Fsp3) is 0.333. The molecule has 0 unspecified atom stereocenters. The number of furan rings is 1. The minimum atomic E-state index is -0.458. The van der Waals surface area contributed by atoms with E-state index in [1.807, 2.05) is 18.2 Å². The number of nitrogens with zero attached hydrogens (tertiary/aromatic N) is 1. The lowest BCUT2D eigenvalue weighted by Gasteiger charge is -1.91. The van der Waals surface area contributed by atoms with Gasteiger partial charge in [0.15, 0.2) is 5.76 Å². The largest absolute Gasteiger partial charge is 0.456 e. The van der Waals surface area contributed by atoms with E-state index >= 15 is 0 Å². The minimum Gasteiger partial charge on any atom is -0.456 e. The van der Waals surface area contributed by atoms with Crippen LogP contribution in [0.4, 0.5) is 0 Å². The average molecular weight is 195 g/mol. The maximum atomic E-state index is 11.2. The van der Waals surface area contributed by atoms with Crippen LogP contribution < -0.4 is 0 Å². The Kier molecular flexibility index (Phi) is 3.12. The van der Waals surface area contributed by atoms with Gasteiger partial charge >= 0.3 is 5.91 Å². The van der Waals surface area contributed by atoms with Gasteiger partial charge < -0.3 is 4.42 Å². The van der Waals surface area contributed by atoms with E-state index in [1.165, 1.54) is 0 Å². The van der Waals surface area contributed by atoms with Gasteiger partial charge in [0.05, 0.1) is 5.16 Å². The summed E-state index contributed by atoms with van der Waals surface area (Å²) in [4.78, 5) is 14.6. The standard InChI is InChI=1S/C9H9NO2S/c1-3-7-4-6(2)12-8(7)9(11)10-5-13/h4H,3H2,1-2H3. The molecule has 1 aromatic heterocycles. The van der Waals surface area contributed by atoms with Crippen LogP contribution in [0.25, 0.3) is 0 Å². The summed E-state index contributed by atoms with van der Waals surface area (Å²) in [6.07, 6.45) is 0.741. The van der Waals surface area contributed by atoms with Crippen molar-refractivity contribution in [2.75, 3.05) is 0 Å². The molecule has 0 aromatic carbocycles. The Morgan fingerprint density at radius 3 is 3.00 bits per heavy atom. The molecule has 0 N–H and O–H groups in total. The van der Waals surface area contributed by atoms with Crippen molar-refractivity contribution in [2.24, 2.45) is 4.99 Å². The van der Waals surface area contributed by atoms with Gasteiger partial charge in [-0.15, -0.1) is 4.99 Å².